The van der Waals surface area contributed by atoms with Crippen molar-refractivity contribution in [3.63, 3.8) is 0 Å². The molecule has 0 aromatic heterocycles. The van der Waals surface area contributed by atoms with E-state index < -0.39 is 0 Å². The number of halogens is 1. The molecule has 3 rings (SSSR count). The molecule has 0 radical (unpaired) electrons. The molecule has 5 nitrogen and oxygen atoms in total. The van der Waals surface area contributed by atoms with E-state index in [1.165, 1.54) is 0 Å². The molecule has 6 heteroatoms. The highest BCUT2D eigenvalue weighted by Gasteiger charge is 2.21. The molecule has 0 bridgehead atoms. The Labute approximate surface area is 143 Å². The molecular weight excluding hydrogens is 322 g/mol. The Balaban J connectivity index is 2.11. The van der Waals surface area contributed by atoms with Crippen LogP contribution in [0.15, 0.2) is 76.0 Å². The number of hydrazone groups is 1. The fourth-order valence-electron chi connectivity index (χ4n) is 2.19. The lowest BCUT2D eigenvalue weighted by Gasteiger charge is -2.16. The maximum absolute atomic E-state index is 9.25. The molecule has 1 N–H and O–H groups in total. The summed E-state index contributed by atoms with van der Waals surface area (Å²) in [5.74, 6) is 0.478. The molecule has 2 aromatic rings. The molecule has 1 aliphatic heterocycles. The lowest BCUT2D eigenvalue weighted by atomic mass is 10.0. The minimum absolute atomic E-state index is 0.0985. The molecule has 0 fully saturated rings. The van der Waals surface area contributed by atoms with E-state index in [1.807, 2.05) is 42.5 Å². The number of amidine groups is 1. The number of rotatable bonds is 2. The molecule has 0 saturated heterocycles. The van der Waals surface area contributed by atoms with Gasteiger partial charge in [-0.3, -0.25) is 5.43 Å². The number of allylic oxidation sites excluding steroid dienone is 2. The van der Waals surface area contributed by atoms with Gasteiger partial charge >= 0.3 is 0 Å². The normalized spacial score (nSPS) is 13.0. The molecule has 2 aromatic carbocycles. The number of nitrogens with zero attached hydrogens (tertiary/aromatic N) is 4. The summed E-state index contributed by atoms with van der Waals surface area (Å²) >= 11 is 5.91. The molecule has 0 spiro atoms. The smallest absolute Gasteiger partial charge is 0.157 e. The summed E-state index contributed by atoms with van der Waals surface area (Å²) in [5, 5.41) is 23.4. The third-order valence-electron chi connectivity index (χ3n) is 3.35. The van der Waals surface area contributed by atoms with Crippen LogP contribution in [0.2, 0.25) is 5.02 Å². The van der Waals surface area contributed by atoms with Crippen LogP contribution in [0.3, 0.4) is 0 Å². The Morgan fingerprint density at radius 2 is 1.58 bits per heavy atom. The van der Waals surface area contributed by atoms with Crippen LogP contribution in [0.4, 0.5) is 0 Å². The van der Waals surface area contributed by atoms with Gasteiger partial charge in [0.05, 0.1) is 0 Å². The zero-order valence-electron chi connectivity index (χ0n) is 12.4. The molecule has 0 saturated carbocycles. The summed E-state index contributed by atoms with van der Waals surface area (Å²) in [6, 6.07) is 20.1. The van der Waals surface area contributed by atoms with E-state index in [4.69, 9.17) is 11.6 Å². The minimum Gasteiger partial charge on any atom is -0.260 e. The second-order valence-electron chi connectivity index (χ2n) is 4.85. The highest BCUT2D eigenvalue weighted by molar-refractivity contribution is 6.30. The number of nitrogens with one attached hydrogen (secondary N) is 1. The molecule has 114 valence electrons. The van der Waals surface area contributed by atoms with Crippen molar-refractivity contribution < 1.29 is 0 Å². The second kappa shape index (κ2) is 6.78. The maximum atomic E-state index is 9.25. The van der Waals surface area contributed by atoms with Crippen molar-refractivity contribution in [2.75, 3.05) is 0 Å². The fraction of sp³-hybridized carbons (Fsp3) is 0. The van der Waals surface area contributed by atoms with Crippen molar-refractivity contribution >= 4 is 23.1 Å². The van der Waals surface area contributed by atoms with Gasteiger partial charge in [0.15, 0.2) is 11.4 Å². The van der Waals surface area contributed by atoms with Gasteiger partial charge in [-0.1, -0.05) is 54.1 Å². The molecule has 0 unspecified atom stereocenters. The average molecular weight is 332 g/mol. The van der Waals surface area contributed by atoms with Crippen molar-refractivity contribution in [2.45, 2.75) is 0 Å². The average Bonchev–Trinajstić information content (AvgIpc) is 2.64. The standard InChI is InChI=1S/C18H10ClN5/c19-15-8-6-12(7-9-15)17-16(14(10-20)11-21)22-18(24-23-17)13-4-2-1-3-5-13/h1-9H,(H,22,24). The first kappa shape index (κ1) is 15.5. The molecule has 0 aliphatic carbocycles. The van der Waals surface area contributed by atoms with Gasteiger partial charge in [-0.2, -0.15) is 15.6 Å². The fourth-order valence-corrected chi connectivity index (χ4v) is 2.32. The van der Waals surface area contributed by atoms with Crippen molar-refractivity contribution in [3.8, 4) is 12.1 Å². The van der Waals surface area contributed by atoms with E-state index in [0.717, 1.165) is 5.56 Å². The SMILES string of the molecule is N#CC(C#N)=C1N=C(c2ccccc2)NN=C1c1ccc(Cl)cc1. The summed E-state index contributed by atoms with van der Waals surface area (Å²) in [4.78, 5) is 4.45. The van der Waals surface area contributed by atoms with Gasteiger partial charge in [0.25, 0.3) is 0 Å². The molecule has 0 amide bonds. The highest BCUT2D eigenvalue weighted by atomic mass is 35.5. The molecule has 0 atom stereocenters. The zero-order valence-corrected chi connectivity index (χ0v) is 13.1. The number of nitriles is 2. The lowest BCUT2D eigenvalue weighted by molar-refractivity contribution is 0.992. The number of aliphatic imine (C=N–C) groups is 1. The number of hydrogen-bond donors (Lipinski definition) is 1. The number of hydrogen-bond acceptors (Lipinski definition) is 5. The summed E-state index contributed by atoms with van der Waals surface area (Å²) in [5.41, 5.74) is 4.96. The summed E-state index contributed by atoms with van der Waals surface area (Å²) < 4.78 is 0. The monoisotopic (exact) mass is 331 g/mol. The first-order valence-electron chi connectivity index (χ1n) is 7.01. The highest BCUT2D eigenvalue weighted by Crippen LogP contribution is 2.20. The summed E-state index contributed by atoms with van der Waals surface area (Å²) in [7, 11) is 0. The van der Waals surface area contributed by atoms with Crippen LogP contribution in [0.1, 0.15) is 11.1 Å². The second-order valence-corrected chi connectivity index (χ2v) is 5.29. The van der Waals surface area contributed by atoms with Gasteiger partial charge in [-0.15, -0.1) is 0 Å². The maximum Gasteiger partial charge on any atom is 0.157 e. The van der Waals surface area contributed by atoms with Crippen LogP contribution in [0.25, 0.3) is 0 Å². The first-order valence-corrected chi connectivity index (χ1v) is 7.39. The quantitative estimate of drug-likeness (QED) is 0.856. The Hall–Kier alpha value is -3.41. The van der Waals surface area contributed by atoms with Crippen molar-refractivity contribution in [1.82, 2.24) is 5.43 Å². The van der Waals surface area contributed by atoms with Crippen LogP contribution in [0.5, 0.6) is 0 Å². The molecule has 24 heavy (non-hydrogen) atoms. The van der Waals surface area contributed by atoms with Gasteiger partial charge in [-0.25, -0.2) is 4.99 Å². The van der Waals surface area contributed by atoms with E-state index in [2.05, 4.69) is 15.5 Å². The van der Waals surface area contributed by atoms with Crippen LogP contribution < -0.4 is 5.43 Å². The zero-order chi connectivity index (χ0) is 16.9. The number of benzene rings is 2. The lowest BCUT2D eigenvalue weighted by Crippen LogP contribution is -2.27. The van der Waals surface area contributed by atoms with Crippen LogP contribution >= 0.6 is 11.6 Å². The predicted molar refractivity (Wildman–Crippen MR) is 92.4 cm³/mol. The molecule has 1 aliphatic rings. The van der Waals surface area contributed by atoms with E-state index in [-0.39, 0.29) is 11.3 Å². The van der Waals surface area contributed by atoms with E-state index >= 15 is 0 Å². The minimum atomic E-state index is -0.0985. The van der Waals surface area contributed by atoms with Crippen LogP contribution in [0, 0.1) is 22.7 Å². The van der Waals surface area contributed by atoms with E-state index in [0.29, 0.717) is 22.1 Å². The predicted octanol–water partition coefficient (Wildman–Crippen LogP) is 3.40. The van der Waals surface area contributed by atoms with Gasteiger partial charge < -0.3 is 0 Å². The topological polar surface area (TPSA) is 84.3 Å². The largest absolute Gasteiger partial charge is 0.260 e. The van der Waals surface area contributed by atoms with Gasteiger partial charge in [-0.05, 0) is 12.1 Å². The third kappa shape index (κ3) is 3.03. The van der Waals surface area contributed by atoms with Crippen LogP contribution in [-0.4, -0.2) is 11.5 Å². The summed E-state index contributed by atoms with van der Waals surface area (Å²) in [6.07, 6.45) is 0. The molecular formula is C18H10ClN5. The van der Waals surface area contributed by atoms with Gasteiger partial charge in [0, 0.05) is 16.1 Å². The Morgan fingerprint density at radius 3 is 2.21 bits per heavy atom. The molecule has 1 heterocycles. The van der Waals surface area contributed by atoms with Crippen molar-refractivity contribution in [3.05, 3.63) is 82.0 Å². The third-order valence-corrected chi connectivity index (χ3v) is 3.60. The van der Waals surface area contributed by atoms with Crippen molar-refractivity contribution in [2.24, 2.45) is 10.1 Å². The first-order chi connectivity index (χ1) is 11.7. The Morgan fingerprint density at radius 1 is 0.917 bits per heavy atom. The van der Waals surface area contributed by atoms with Crippen LogP contribution in [-0.2, 0) is 0 Å². The van der Waals surface area contributed by atoms with Gasteiger partial charge in [0.1, 0.15) is 23.5 Å². The van der Waals surface area contributed by atoms with Gasteiger partial charge in [0.2, 0.25) is 0 Å². The van der Waals surface area contributed by atoms with Crippen molar-refractivity contribution in [1.29, 1.82) is 10.5 Å². The Bertz CT molecular complexity index is 926. The Kier molecular flexibility index (Phi) is 4.38. The van der Waals surface area contributed by atoms with E-state index in [1.54, 1.807) is 24.3 Å². The summed E-state index contributed by atoms with van der Waals surface area (Å²) in [6.45, 7) is 0. The van der Waals surface area contributed by atoms with E-state index in [9.17, 15) is 10.5 Å².